The van der Waals surface area contributed by atoms with E-state index in [4.69, 9.17) is 45.8 Å². The third-order valence-electron chi connectivity index (χ3n) is 1.89. The second-order valence-corrected chi connectivity index (χ2v) is 5.40. The second-order valence-electron chi connectivity index (χ2n) is 2.95. The molecular formula is C8H2Cl3N2NaO4S. The minimum absolute atomic E-state index is 0. The van der Waals surface area contributed by atoms with Crippen LogP contribution in [-0.4, -0.2) is 18.9 Å². The molecule has 0 atom stereocenters. The van der Waals surface area contributed by atoms with E-state index in [1.807, 2.05) is 0 Å². The number of halogens is 3. The van der Waals surface area contributed by atoms with Crippen LogP contribution >= 0.6 is 34.8 Å². The maximum Gasteiger partial charge on any atom is 1.00 e. The molecule has 11 heteroatoms. The van der Waals surface area contributed by atoms with Gasteiger partial charge in [0.05, 0.1) is 31.1 Å². The SMILES string of the molecule is N#Cc1c(Cl)c(Cl)c(S(=O)(=O)[O-])c(C(N)=O)c1Cl.[Na+]. The molecule has 1 aromatic carbocycles. The predicted octanol–water partition coefficient (Wildman–Crippen LogP) is -1.47. The smallest absolute Gasteiger partial charge is 0.744 e. The number of hydrogen-bond acceptors (Lipinski definition) is 5. The van der Waals surface area contributed by atoms with Crippen LogP contribution in [0.1, 0.15) is 15.9 Å². The number of primary amides is 1. The predicted molar refractivity (Wildman–Crippen MR) is 62.7 cm³/mol. The van der Waals surface area contributed by atoms with Gasteiger partial charge in [0.15, 0.2) is 0 Å². The summed E-state index contributed by atoms with van der Waals surface area (Å²) in [6.45, 7) is 0. The maximum atomic E-state index is 11.1. The van der Waals surface area contributed by atoms with Crippen molar-refractivity contribution in [2.75, 3.05) is 0 Å². The van der Waals surface area contributed by atoms with E-state index < -0.39 is 47.1 Å². The zero-order valence-electron chi connectivity index (χ0n) is 9.20. The van der Waals surface area contributed by atoms with E-state index >= 15 is 0 Å². The molecule has 1 rings (SSSR count). The molecule has 0 aromatic heterocycles. The number of rotatable bonds is 2. The van der Waals surface area contributed by atoms with E-state index in [-0.39, 0.29) is 29.6 Å². The van der Waals surface area contributed by atoms with E-state index in [1.54, 1.807) is 0 Å². The van der Waals surface area contributed by atoms with Gasteiger partial charge in [0.1, 0.15) is 16.2 Å². The number of nitrogens with two attached hydrogens (primary N) is 1. The largest absolute Gasteiger partial charge is 1.00 e. The molecule has 96 valence electrons. The molecular weight excluding hydrogens is 350 g/mol. The van der Waals surface area contributed by atoms with Crippen LogP contribution in [0.3, 0.4) is 0 Å². The van der Waals surface area contributed by atoms with Gasteiger partial charge in [0.2, 0.25) is 0 Å². The van der Waals surface area contributed by atoms with Crippen LogP contribution in [0, 0.1) is 11.3 Å². The van der Waals surface area contributed by atoms with Gasteiger partial charge in [-0.1, -0.05) is 34.8 Å². The van der Waals surface area contributed by atoms with Crippen molar-refractivity contribution in [3.63, 3.8) is 0 Å². The van der Waals surface area contributed by atoms with E-state index in [9.17, 15) is 17.8 Å². The van der Waals surface area contributed by atoms with Crippen molar-refractivity contribution in [3.8, 4) is 6.07 Å². The van der Waals surface area contributed by atoms with E-state index in [1.165, 1.54) is 6.07 Å². The van der Waals surface area contributed by atoms with Crippen LogP contribution < -0.4 is 35.3 Å². The van der Waals surface area contributed by atoms with Crippen molar-refractivity contribution < 1.29 is 47.3 Å². The Morgan fingerprint density at radius 2 is 1.68 bits per heavy atom. The minimum Gasteiger partial charge on any atom is -0.744 e. The van der Waals surface area contributed by atoms with Gasteiger partial charge in [-0.2, -0.15) is 5.26 Å². The van der Waals surface area contributed by atoms with E-state index in [2.05, 4.69) is 0 Å². The number of benzene rings is 1. The molecule has 0 radical (unpaired) electrons. The quantitative estimate of drug-likeness (QED) is 0.395. The third-order valence-corrected chi connectivity index (χ3v) is 4.14. The second kappa shape index (κ2) is 6.61. The molecule has 0 heterocycles. The minimum atomic E-state index is -5.14. The Kier molecular flexibility index (Phi) is 6.59. The van der Waals surface area contributed by atoms with Crippen LogP contribution in [0.15, 0.2) is 4.90 Å². The van der Waals surface area contributed by atoms with E-state index in [0.29, 0.717) is 0 Å². The Balaban J connectivity index is 0.00000324. The number of nitrogens with zero attached hydrogens (tertiary/aromatic N) is 1. The average molecular weight is 352 g/mol. The summed E-state index contributed by atoms with van der Waals surface area (Å²) in [5.41, 5.74) is 3.63. The summed E-state index contributed by atoms with van der Waals surface area (Å²) in [7, 11) is -5.14. The molecule has 0 spiro atoms. The molecule has 6 nitrogen and oxygen atoms in total. The van der Waals surface area contributed by atoms with Crippen LogP contribution in [0.25, 0.3) is 0 Å². The normalized spacial score (nSPS) is 10.5. The van der Waals surface area contributed by atoms with Gasteiger partial charge in [-0.05, 0) is 0 Å². The van der Waals surface area contributed by atoms with Crippen molar-refractivity contribution in [3.05, 3.63) is 26.2 Å². The zero-order chi connectivity index (χ0) is 14.2. The average Bonchev–Trinajstić information content (AvgIpc) is 2.21. The summed E-state index contributed by atoms with van der Waals surface area (Å²) >= 11 is 16.8. The molecule has 0 fully saturated rings. The van der Waals surface area contributed by atoms with Crippen molar-refractivity contribution in [1.29, 1.82) is 5.26 Å². The molecule has 0 saturated carbocycles. The zero-order valence-corrected chi connectivity index (χ0v) is 14.3. The van der Waals surface area contributed by atoms with Crippen LogP contribution in [0.4, 0.5) is 0 Å². The summed E-state index contributed by atoms with van der Waals surface area (Å²) < 4.78 is 33.1. The molecule has 1 aromatic rings. The third kappa shape index (κ3) is 3.54. The summed E-state index contributed by atoms with van der Waals surface area (Å²) in [5, 5.41) is 6.83. The van der Waals surface area contributed by atoms with Crippen molar-refractivity contribution in [1.82, 2.24) is 0 Å². The van der Waals surface area contributed by atoms with Crippen LogP contribution in [-0.2, 0) is 10.1 Å². The fraction of sp³-hybridized carbons (Fsp3) is 0. The monoisotopic (exact) mass is 350 g/mol. The maximum absolute atomic E-state index is 11.1. The fourth-order valence-corrected chi connectivity index (χ4v) is 3.16. The molecule has 0 aliphatic rings. The standard InChI is InChI=1S/C8H3Cl3N2O4S.Na/c9-4-2(1-12)5(10)6(11)7(18(15,16)17)3(4)8(13)14;/h(H2,13,14)(H,15,16,17);/q;+1/p-1. The van der Waals surface area contributed by atoms with Crippen LogP contribution in [0.2, 0.25) is 15.1 Å². The Hall–Kier alpha value is -0.0400. The molecule has 19 heavy (non-hydrogen) atoms. The van der Waals surface area contributed by atoms with Crippen molar-refractivity contribution in [2.24, 2.45) is 5.73 Å². The molecule has 0 bridgehead atoms. The first kappa shape index (κ1) is 19.0. The Bertz CT molecular complexity index is 699. The van der Waals surface area contributed by atoms with Crippen molar-refractivity contribution >= 4 is 50.8 Å². The number of nitriles is 1. The van der Waals surface area contributed by atoms with Crippen molar-refractivity contribution in [2.45, 2.75) is 4.90 Å². The Morgan fingerprint density at radius 3 is 2.00 bits per heavy atom. The molecule has 0 saturated heterocycles. The number of carbonyl (C=O) groups excluding carboxylic acids is 1. The summed E-state index contributed by atoms with van der Waals surface area (Å²) in [4.78, 5) is 10.0. The molecule has 0 unspecified atom stereocenters. The Labute approximate surface area is 145 Å². The van der Waals surface area contributed by atoms with Gasteiger partial charge in [-0.25, -0.2) is 8.42 Å². The first-order valence-corrected chi connectivity index (χ1v) is 6.53. The van der Waals surface area contributed by atoms with Gasteiger partial charge in [-0.15, -0.1) is 0 Å². The number of hydrogen-bond donors (Lipinski definition) is 1. The van der Waals surface area contributed by atoms with Gasteiger partial charge in [0, 0.05) is 0 Å². The number of amides is 1. The van der Waals surface area contributed by atoms with Gasteiger partial charge < -0.3 is 10.3 Å². The molecule has 1 amide bonds. The topological polar surface area (TPSA) is 124 Å². The number of carbonyl (C=O) groups is 1. The van der Waals surface area contributed by atoms with E-state index in [0.717, 1.165) is 0 Å². The molecule has 0 aliphatic carbocycles. The first-order chi connectivity index (χ1) is 8.12. The van der Waals surface area contributed by atoms with Gasteiger partial charge >= 0.3 is 29.6 Å². The Morgan fingerprint density at radius 1 is 1.21 bits per heavy atom. The fourth-order valence-electron chi connectivity index (χ4n) is 1.19. The summed E-state index contributed by atoms with van der Waals surface area (Å²) in [6.07, 6.45) is 0. The molecule has 0 aliphatic heterocycles. The summed E-state index contributed by atoms with van der Waals surface area (Å²) in [5.74, 6) is -1.32. The first-order valence-electron chi connectivity index (χ1n) is 3.99. The summed E-state index contributed by atoms with van der Waals surface area (Å²) in [6, 6.07) is 1.53. The van der Waals surface area contributed by atoms with Crippen LogP contribution in [0.5, 0.6) is 0 Å². The van der Waals surface area contributed by atoms with Gasteiger partial charge in [0.25, 0.3) is 5.91 Å². The van der Waals surface area contributed by atoms with Gasteiger partial charge in [-0.3, -0.25) is 4.79 Å². The molecule has 2 N–H and O–H groups in total.